The first-order valence-electron chi connectivity index (χ1n) is 7.43. The number of hydrogen-bond acceptors (Lipinski definition) is 3. The summed E-state index contributed by atoms with van der Waals surface area (Å²) in [6, 6.07) is 6.46. The Morgan fingerprint density at radius 1 is 1.29 bits per heavy atom. The van der Waals surface area contributed by atoms with Crippen LogP contribution in [0.15, 0.2) is 47.9 Å². The predicted octanol–water partition coefficient (Wildman–Crippen LogP) is 4.14. The number of allylic oxidation sites excluding steroid dienone is 2. The van der Waals surface area contributed by atoms with Gasteiger partial charge < -0.3 is 9.72 Å². The molecule has 0 bridgehead atoms. The Morgan fingerprint density at radius 2 is 2.24 bits per heavy atom. The molecule has 1 N–H and O–H groups in total. The third-order valence-corrected chi connectivity index (χ3v) is 5.33. The third-order valence-electron chi connectivity index (χ3n) is 4.38. The summed E-state index contributed by atoms with van der Waals surface area (Å²) in [4.78, 5) is 7.44. The molecule has 0 radical (unpaired) electrons. The SMILES string of the molecule is C1=CCC2c3c(CSc4ncc[nH]4)cccc3OCC2C1. The second-order valence-electron chi connectivity index (χ2n) is 5.63. The molecule has 21 heavy (non-hydrogen) atoms. The summed E-state index contributed by atoms with van der Waals surface area (Å²) >= 11 is 1.75. The molecule has 4 rings (SSSR count). The van der Waals surface area contributed by atoms with Crippen molar-refractivity contribution < 1.29 is 4.74 Å². The number of rotatable bonds is 3. The largest absolute Gasteiger partial charge is 0.493 e. The summed E-state index contributed by atoms with van der Waals surface area (Å²) in [5, 5.41) is 0.976. The van der Waals surface area contributed by atoms with Gasteiger partial charge in [0.2, 0.25) is 0 Å². The van der Waals surface area contributed by atoms with Crippen LogP contribution in [0.25, 0.3) is 0 Å². The number of H-pyrrole nitrogens is 1. The Labute approximate surface area is 128 Å². The van der Waals surface area contributed by atoms with E-state index in [9.17, 15) is 0 Å². The smallest absolute Gasteiger partial charge is 0.165 e. The predicted molar refractivity (Wildman–Crippen MR) is 84.7 cm³/mol. The van der Waals surface area contributed by atoms with Gasteiger partial charge in [0.05, 0.1) is 6.61 Å². The van der Waals surface area contributed by atoms with Crippen LogP contribution in [0.3, 0.4) is 0 Å². The summed E-state index contributed by atoms with van der Waals surface area (Å²) in [5.74, 6) is 3.28. The van der Waals surface area contributed by atoms with Crippen LogP contribution >= 0.6 is 11.8 Å². The van der Waals surface area contributed by atoms with Crippen molar-refractivity contribution in [2.24, 2.45) is 5.92 Å². The highest BCUT2D eigenvalue weighted by Crippen LogP contribution is 2.45. The molecule has 0 spiro atoms. The van der Waals surface area contributed by atoms with Gasteiger partial charge in [-0.05, 0) is 30.4 Å². The molecule has 1 aliphatic carbocycles. The quantitative estimate of drug-likeness (QED) is 0.683. The van der Waals surface area contributed by atoms with Crippen molar-refractivity contribution >= 4 is 11.8 Å². The molecule has 108 valence electrons. The maximum Gasteiger partial charge on any atom is 0.165 e. The number of benzene rings is 1. The number of ether oxygens (including phenoxy) is 1. The highest BCUT2D eigenvalue weighted by atomic mass is 32.2. The van der Waals surface area contributed by atoms with Gasteiger partial charge in [-0.1, -0.05) is 36.0 Å². The minimum absolute atomic E-state index is 0.618. The maximum absolute atomic E-state index is 6.00. The van der Waals surface area contributed by atoms with Crippen LogP contribution in [0, 0.1) is 5.92 Å². The first-order valence-corrected chi connectivity index (χ1v) is 8.42. The molecule has 2 heterocycles. The van der Waals surface area contributed by atoms with Crippen molar-refractivity contribution in [2.45, 2.75) is 29.7 Å². The number of aromatic nitrogens is 2. The minimum Gasteiger partial charge on any atom is -0.493 e. The average Bonchev–Trinajstić information content (AvgIpc) is 3.06. The molecule has 1 aromatic heterocycles. The lowest BCUT2D eigenvalue weighted by atomic mass is 9.76. The molecular formula is C17H18N2OS. The zero-order valence-electron chi connectivity index (χ0n) is 11.8. The van der Waals surface area contributed by atoms with E-state index in [0.717, 1.165) is 36.1 Å². The van der Waals surface area contributed by atoms with Crippen molar-refractivity contribution in [3.05, 3.63) is 53.9 Å². The second-order valence-corrected chi connectivity index (χ2v) is 6.60. The van der Waals surface area contributed by atoms with Crippen LogP contribution < -0.4 is 4.74 Å². The fraction of sp³-hybridized carbons (Fsp3) is 0.353. The molecule has 2 unspecified atom stereocenters. The molecule has 2 aromatic rings. The molecular weight excluding hydrogens is 280 g/mol. The molecule has 0 amide bonds. The van der Waals surface area contributed by atoms with Crippen molar-refractivity contribution in [3.63, 3.8) is 0 Å². The van der Waals surface area contributed by atoms with Gasteiger partial charge >= 0.3 is 0 Å². The molecule has 0 saturated carbocycles. The standard InChI is InChI=1S/C17H18N2OS/c1-2-6-14-12(4-1)10-20-15-7-3-5-13(16(14)15)11-21-17-18-8-9-19-17/h1-3,5,7-9,12,14H,4,6,10-11H2,(H,18,19). The van der Waals surface area contributed by atoms with Crippen molar-refractivity contribution in [1.82, 2.24) is 9.97 Å². The van der Waals surface area contributed by atoms with Gasteiger partial charge in [0, 0.05) is 29.6 Å². The molecule has 2 aliphatic rings. The van der Waals surface area contributed by atoms with Gasteiger partial charge in [-0.2, -0.15) is 0 Å². The molecule has 1 aromatic carbocycles. The van der Waals surface area contributed by atoms with Crippen LogP contribution in [-0.4, -0.2) is 16.6 Å². The topological polar surface area (TPSA) is 37.9 Å². The Kier molecular flexibility index (Phi) is 3.47. The van der Waals surface area contributed by atoms with E-state index in [2.05, 4.69) is 40.3 Å². The second kappa shape index (κ2) is 5.60. The summed E-state index contributed by atoms with van der Waals surface area (Å²) in [7, 11) is 0. The lowest BCUT2D eigenvalue weighted by Gasteiger charge is -2.36. The van der Waals surface area contributed by atoms with E-state index in [-0.39, 0.29) is 0 Å². The number of imidazole rings is 1. The summed E-state index contributed by atoms with van der Waals surface area (Å²) in [6.07, 6.45) is 10.6. The Morgan fingerprint density at radius 3 is 3.14 bits per heavy atom. The number of fused-ring (bicyclic) bond motifs is 3. The minimum atomic E-state index is 0.618. The maximum atomic E-state index is 6.00. The first-order chi connectivity index (χ1) is 10.4. The summed E-state index contributed by atoms with van der Waals surface area (Å²) in [6.45, 7) is 0.858. The van der Waals surface area contributed by atoms with Gasteiger partial charge in [0.15, 0.2) is 5.16 Å². The van der Waals surface area contributed by atoms with E-state index < -0.39 is 0 Å². The average molecular weight is 298 g/mol. The van der Waals surface area contributed by atoms with Crippen molar-refractivity contribution in [1.29, 1.82) is 0 Å². The van der Waals surface area contributed by atoms with Gasteiger partial charge in [0.25, 0.3) is 0 Å². The van der Waals surface area contributed by atoms with Gasteiger partial charge in [-0.3, -0.25) is 0 Å². The van der Waals surface area contributed by atoms with Crippen molar-refractivity contribution in [2.75, 3.05) is 6.61 Å². The normalized spacial score (nSPS) is 23.2. The van der Waals surface area contributed by atoms with Gasteiger partial charge in [-0.25, -0.2) is 4.98 Å². The summed E-state index contributed by atoms with van der Waals surface area (Å²) < 4.78 is 6.00. The Balaban J connectivity index is 1.64. The summed E-state index contributed by atoms with van der Waals surface area (Å²) in [5.41, 5.74) is 2.82. The number of nitrogens with one attached hydrogen (secondary N) is 1. The van der Waals surface area contributed by atoms with Crippen molar-refractivity contribution in [3.8, 4) is 5.75 Å². The highest BCUT2D eigenvalue weighted by molar-refractivity contribution is 7.98. The number of nitrogens with zero attached hydrogens (tertiary/aromatic N) is 1. The van der Waals surface area contributed by atoms with E-state index in [1.807, 2.05) is 6.20 Å². The van der Waals surface area contributed by atoms with Crippen LogP contribution in [0.4, 0.5) is 0 Å². The van der Waals surface area contributed by atoms with E-state index in [4.69, 9.17) is 4.74 Å². The zero-order valence-corrected chi connectivity index (χ0v) is 12.6. The van der Waals surface area contributed by atoms with Crippen LogP contribution in [0.2, 0.25) is 0 Å². The fourth-order valence-electron chi connectivity index (χ4n) is 3.34. The lowest BCUT2D eigenvalue weighted by Crippen LogP contribution is -2.28. The third kappa shape index (κ3) is 2.48. The van der Waals surface area contributed by atoms with Gasteiger partial charge in [0.1, 0.15) is 5.75 Å². The molecule has 0 saturated heterocycles. The fourth-order valence-corrected chi connectivity index (χ4v) is 4.17. The Bertz CT molecular complexity index is 651. The highest BCUT2D eigenvalue weighted by Gasteiger charge is 2.32. The van der Waals surface area contributed by atoms with E-state index >= 15 is 0 Å². The van der Waals surface area contributed by atoms with E-state index in [1.54, 1.807) is 18.0 Å². The van der Waals surface area contributed by atoms with Crippen LogP contribution in [0.5, 0.6) is 5.75 Å². The van der Waals surface area contributed by atoms with Crippen LogP contribution in [-0.2, 0) is 5.75 Å². The molecule has 4 heteroatoms. The van der Waals surface area contributed by atoms with Gasteiger partial charge in [-0.15, -0.1) is 0 Å². The lowest BCUT2D eigenvalue weighted by molar-refractivity contribution is 0.189. The van der Waals surface area contributed by atoms with E-state index in [1.165, 1.54) is 11.1 Å². The van der Waals surface area contributed by atoms with Crippen LogP contribution in [0.1, 0.15) is 29.9 Å². The van der Waals surface area contributed by atoms with E-state index in [0.29, 0.717) is 11.8 Å². The first kappa shape index (κ1) is 13.0. The number of thioether (sulfide) groups is 1. The molecule has 0 fully saturated rings. The zero-order chi connectivity index (χ0) is 14.1. The molecule has 1 aliphatic heterocycles. The molecule has 2 atom stereocenters. The monoisotopic (exact) mass is 298 g/mol. The number of hydrogen-bond donors (Lipinski definition) is 1. The molecule has 3 nitrogen and oxygen atoms in total. The Hall–Kier alpha value is -1.68. The number of aromatic amines is 1.